The summed E-state index contributed by atoms with van der Waals surface area (Å²) in [6, 6.07) is 2.10. The highest BCUT2D eigenvalue weighted by Gasteiger charge is 2.64. The number of benzene rings is 1. The number of rotatable bonds is 3. The highest BCUT2D eigenvalue weighted by molar-refractivity contribution is 5.74. The third-order valence-electron chi connectivity index (χ3n) is 6.92. The second-order valence-corrected chi connectivity index (χ2v) is 7.97. The van der Waals surface area contributed by atoms with Crippen LogP contribution in [0, 0.1) is 5.92 Å². The number of hydrogen-bond acceptors (Lipinski definition) is 5. The second kappa shape index (κ2) is 5.24. The lowest BCUT2D eigenvalue weighted by Crippen LogP contribution is -2.64. The molecule has 0 aromatic heterocycles. The fraction of sp³-hybridized carbons (Fsp3) is 0.550. The molecule has 2 bridgehead atoms. The van der Waals surface area contributed by atoms with E-state index in [1.54, 1.807) is 7.11 Å². The number of likely N-dealkylation sites (N-methyl/N-ethyl adjacent to an activating group) is 1. The minimum absolute atomic E-state index is 0.0286. The minimum Gasteiger partial charge on any atom is -0.493 e. The topological polar surface area (TPSA) is 79.2 Å². The Balaban J connectivity index is 1.81. The predicted octanol–water partition coefficient (Wildman–Crippen LogP) is 1.13. The molecule has 1 spiro atoms. The Morgan fingerprint density at radius 2 is 2.27 bits per heavy atom. The number of nitrogens with zero attached hydrogens (tertiary/aromatic N) is 1. The van der Waals surface area contributed by atoms with Gasteiger partial charge in [0.15, 0.2) is 11.5 Å². The Kier molecular flexibility index (Phi) is 3.25. The summed E-state index contributed by atoms with van der Waals surface area (Å²) >= 11 is 0. The lowest BCUT2D eigenvalue weighted by molar-refractivity contribution is -0.136. The van der Waals surface area contributed by atoms with Crippen LogP contribution >= 0.6 is 0 Å². The van der Waals surface area contributed by atoms with E-state index in [1.165, 1.54) is 0 Å². The summed E-state index contributed by atoms with van der Waals surface area (Å²) in [5, 5.41) is 20.1. The molecule has 6 nitrogen and oxygen atoms in total. The smallest absolute Gasteiger partial charge is 0.307 e. The monoisotopic (exact) mass is 357 g/mol. The number of likely N-dealkylation sites (tertiary alicyclic amines) is 1. The maximum absolute atomic E-state index is 11.5. The van der Waals surface area contributed by atoms with Crippen molar-refractivity contribution in [2.24, 2.45) is 5.92 Å². The van der Waals surface area contributed by atoms with Gasteiger partial charge in [-0.05, 0) is 43.6 Å². The zero-order valence-corrected chi connectivity index (χ0v) is 14.9. The van der Waals surface area contributed by atoms with E-state index in [2.05, 4.69) is 18.0 Å². The summed E-state index contributed by atoms with van der Waals surface area (Å²) in [6.07, 6.45) is 4.67. The SMILES string of the molecule is COc1cc(CC(=O)O)c2c3c1O[C@H]1[C@@H](O)C=C[C@H]4[C@@H](C2)N(C)CC[C@@]341. The molecular formula is C20H23NO5. The fourth-order valence-corrected chi connectivity index (χ4v) is 5.86. The molecule has 2 aliphatic carbocycles. The van der Waals surface area contributed by atoms with Gasteiger partial charge < -0.3 is 24.6 Å². The van der Waals surface area contributed by atoms with Crippen LogP contribution in [0.2, 0.25) is 0 Å². The fourth-order valence-electron chi connectivity index (χ4n) is 5.86. The van der Waals surface area contributed by atoms with Crippen LogP contribution in [0.4, 0.5) is 0 Å². The maximum atomic E-state index is 11.5. The first kappa shape index (κ1) is 16.1. The Morgan fingerprint density at radius 1 is 1.46 bits per heavy atom. The van der Waals surface area contributed by atoms with Crippen molar-refractivity contribution < 1.29 is 24.5 Å². The molecule has 2 heterocycles. The summed E-state index contributed by atoms with van der Waals surface area (Å²) in [7, 11) is 3.71. The standard InChI is InChI=1S/C20H23NO5/c1-21-6-5-20-12-3-4-14(22)19(20)26-18-15(25-2)7-10(8-16(23)24)11(17(18)20)9-13(12)21/h3-4,7,12-14,19,22H,5-6,8-9H2,1-2H3,(H,23,24)/t12-,13+,14-,19-,20-/m0/s1. The predicted molar refractivity (Wildman–Crippen MR) is 93.8 cm³/mol. The average molecular weight is 357 g/mol. The quantitative estimate of drug-likeness (QED) is 0.790. The van der Waals surface area contributed by atoms with Crippen molar-refractivity contribution in [3.63, 3.8) is 0 Å². The molecule has 4 aliphatic rings. The van der Waals surface area contributed by atoms with E-state index in [0.29, 0.717) is 11.5 Å². The van der Waals surface area contributed by atoms with Crippen molar-refractivity contribution in [3.05, 3.63) is 34.9 Å². The van der Waals surface area contributed by atoms with Crippen LogP contribution < -0.4 is 9.47 Å². The lowest BCUT2D eigenvalue weighted by atomic mass is 9.53. The minimum atomic E-state index is -0.847. The molecule has 2 N–H and O–H groups in total. The number of ether oxygens (including phenoxy) is 2. The molecule has 1 aromatic carbocycles. The summed E-state index contributed by atoms with van der Waals surface area (Å²) in [5.74, 6) is 0.693. The van der Waals surface area contributed by atoms with Crippen LogP contribution in [0.3, 0.4) is 0 Å². The molecular weight excluding hydrogens is 334 g/mol. The van der Waals surface area contributed by atoms with Gasteiger partial charge in [-0.25, -0.2) is 0 Å². The molecule has 1 saturated heterocycles. The summed E-state index contributed by atoms with van der Waals surface area (Å²) in [5.41, 5.74) is 2.69. The van der Waals surface area contributed by atoms with Gasteiger partial charge in [-0.3, -0.25) is 4.79 Å². The van der Waals surface area contributed by atoms with Crippen LogP contribution in [-0.4, -0.2) is 60.0 Å². The Labute approximate surface area is 152 Å². The first-order chi connectivity index (χ1) is 12.5. The number of carboxylic acid groups (broad SMARTS) is 1. The van der Waals surface area contributed by atoms with Crippen LogP contribution in [0.1, 0.15) is 23.1 Å². The number of piperidine rings is 1. The highest BCUT2D eigenvalue weighted by Crippen LogP contribution is 2.63. The number of carbonyl (C=O) groups is 1. The van der Waals surface area contributed by atoms with Gasteiger partial charge in [0.05, 0.1) is 13.5 Å². The van der Waals surface area contributed by atoms with Crippen molar-refractivity contribution in [1.82, 2.24) is 4.90 Å². The van der Waals surface area contributed by atoms with Crippen molar-refractivity contribution in [3.8, 4) is 11.5 Å². The maximum Gasteiger partial charge on any atom is 0.307 e. The van der Waals surface area contributed by atoms with E-state index < -0.39 is 12.1 Å². The van der Waals surface area contributed by atoms with Crippen LogP contribution in [0.15, 0.2) is 18.2 Å². The number of aliphatic hydroxyl groups excluding tert-OH is 1. The number of aliphatic hydroxyl groups is 1. The average Bonchev–Trinajstić information content (AvgIpc) is 2.95. The summed E-state index contributed by atoms with van der Waals surface area (Å²) in [4.78, 5) is 13.8. The van der Waals surface area contributed by atoms with E-state index in [-0.39, 0.29) is 29.9 Å². The van der Waals surface area contributed by atoms with E-state index in [9.17, 15) is 15.0 Å². The van der Waals surface area contributed by atoms with E-state index in [0.717, 1.165) is 36.1 Å². The molecule has 0 unspecified atom stereocenters. The third-order valence-corrected chi connectivity index (χ3v) is 6.92. The normalized spacial score (nSPS) is 36.4. The largest absolute Gasteiger partial charge is 0.493 e. The molecule has 0 radical (unpaired) electrons. The molecule has 0 saturated carbocycles. The molecule has 1 aromatic rings. The van der Waals surface area contributed by atoms with Gasteiger partial charge in [0.1, 0.15) is 12.2 Å². The molecule has 1 fully saturated rings. The van der Waals surface area contributed by atoms with E-state index >= 15 is 0 Å². The molecule has 2 aliphatic heterocycles. The van der Waals surface area contributed by atoms with Crippen LogP contribution in [0.25, 0.3) is 0 Å². The van der Waals surface area contributed by atoms with Crippen molar-refractivity contribution in [1.29, 1.82) is 0 Å². The number of aliphatic carboxylic acids is 1. The molecule has 0 amide bonds. The van der Waals surface area contributed by atoms with Crippen molar-refractivity contribution in [2.45, 2.75) is 42.9 Å². The number of methoxy groups -OCH3 is 1. The van der Waals surface area contributed by atoms with Gasteiger partial charge in [0.25, 0.3) is 0 Å². The third kappa shape index (κ3) is 1.81. The lowest BCUT2D eigenvalue weighted by Gasteiger charge is -2.56. The van der Waals surface area contributed by atoms with E-state index in [4.69, 9.17) is 9.47 Å². The summed E-state index contributed by atoms with van der Waals surface area (Å²) < 4.78 is 11.9. The summed E-state index contributed by atoms with van der Waals surface area (Å²) in [6.45, 7) is 0.936. The van der Waals surface area contributed by atoms with Gasteiger partial charge >= 0.3 is 5.97 Å². The molecule has 5 rings (SSSR count). The van der Waals surface area contributed by atoms with Gasteiger partial charge in [-0.2, -0.15) is 0 Å². The zero-order valence-electron chi connectivity index (χ0n) is 14.9. The van der Waals surface area contributed by atoms with Crippen molar-refractivity contribution >= 4 is 5.97 Å². The molecule has 138 valence electrons. The van der Waals surface area contributed by atoms with Gasteiger partial charge in [0, 0.05) is 22.9 Å². The molecule has 26 heavy (non-hydrogen) atoms. The number of carboxylic acids is 1. The first-order valence-corrected chi connectivity index (χ1v) is 9.15. The Bertz CT molecular complexity index is 834. The van der Waals surface area contributed by atoms with Crippen LogP contribution in [-0.2, 0) is 23.1 Å². The van der Waals surface area contributed by atoms with Gasteiger partial charge in [0.2, 0.25) is 0 Å². The number of hydrogen-bond donors (Lipinski definition) is 2. The first-order valence-electron chi connectivity index (χ1n) is 9.15. The van der Waals surface area contributed by atoms with Gasteiger partial charge in [-0.15, -0.1) is 0 Å². The Morgan fingerprint density at radius 3 is 3.00 bits per heavy atom. The van der Waals surface area contributed by atoms with Gasteiger partial charge in [-0.1, -0.05) is 12.2 Å². The van der Waals surface area contributed by atoms with Crippen molar-refractivity contribution in [2.75, 3.05) is 20.7 Å². The zero-order chi connectivity index (χ0) is 18.2. The van der Waals surface area contributed by atoms with Crippen LogP contribution in [0.5, 0.6) is 11.5 Å². The Hall–Kier alpha value is -2.05. The highest BCUT2D eigenvalue weighted by atomic mass is 16.5. The molecule has 5 atom stereocenters. The second-order valence-electron chi connectivity index (χ2n) is 7.97. The van der Waals surface area contributed by atoms with E-state index in [1.807, 2.05) is 12.1 Å². The molecule has 6 heteroatoms.